The molecule has 0 radical (unpaired) electrons. The molecule has 0 saturated carbocycles. The second-order valence-electron chi connectivity index (χ2n) is 4.71. The van der Waals surface area contributed by atoms with Crippen LogP contribution in [0.4, 0.5) is 11.4 Å². The zero-order valence-corrected chi connectivity index (χ0v) is 13.7. The Bertz CT molecular complexity index is 810. The van der Waals surface area contributed by atoms with Crippen molar-refractivity contribution < 1.29 is 4.79 Å². The van der Waals surface area contributed by atoms with E-state index in [1.807, 2.05) is 19.1 Å². The highest BCUT2D eigenvalue weighted by Gasteiger charge is 2.11. The van der Waals surface area contributed by atoms with Crippen LogP contribution in [0.5, 0.6) is 0 Å². The number of hydrogen-bond donors (Lipinski definition) is 2. The zero-order chi connectivity index (χ0) is 16.8. The van der Waals surface area contributed by atoms with Crippen molar-refractivity contribution in [1.82, 2.24) is 0 Å². The van der Waals surface area contributed by atoms with Crippen molar-refractivity contribution in [3.63, 3.8) is 0 Å². The van der Waals surface area contributed by atoms with E-state index in [-0.39, 0.29) is 5.57 Å². The molecule has 2 aromatic carbocycles. The van der Waals surface area contributed by atoms with E-state index >= 15 is 0 Å². The van der Waals surface area contributed by atoms with Crippen molar-refractivity contribution >= 4 is 40.5 Å². The molecule has 0 aliphatic carbocycles. The molecule has 1 amide bonds. The van der Waals surface area contributed by atoms with Gasteiger partial charge in [-0.15, -0.1) is 0 Å². The smallest absolute Gasteiger partial charge is 0.267 e. The summed E-state index contributed by atoms with van der Waals surface area (Å²) in [5.41, 5.74) is 2.02. The fourth-order valence-corrected chi connectivity index (χ4v) is 2.16. The lowest BCUT2D eigenvalue weighted by Crippen LogP contribution is -2.14. The number of hydrogen-bond acceptors (Lipinski definition) is 3. The Morgan fingerprint density at radius 1 is 1.17 bits per heavy atom. The van der Waals surface area contributed by atoms with Gasteiger partial charge in [0, 0.05) is 16.9 Å². The Labute approximate surface area is 144 Å². The molecule has 4 nitrogen and oxygen atoms in total. The SMILES string of the molecule is Cc1ccc(Cl)cc1N/C=C(/C#N)C(=O)Nc1ccccc1Cl. The molecular formula is C17H13Cl2N3O. The van der Waals surface area contributed by atoms with Crippen molar-refractivity contribution in [3.8, 4) is 6.07 Å². The number of halogens is 2. The Balaban J connectivity index is 2.16. The summed E-state index contributed by atoms with van der Waals surface area (Å²) in [4.78, 5) is 12.1. The van der Waals surface area contributed by atoms with Crippen LogP contribution in [0, 0.1) is 18.3 Å². The van der Waals surface area contributed by atoms with Crippen LogP contribution in [0.3, 0.4) is 0 Å². The fourth-order valence-electron chi connectivity index (χ4n) is 1.80. The number of amides is 1. The first kappa shape index (κ1) is 16.9. The third kappa shape index (κ3) is 4.49. The maximum atomic E-state index is 12.1. The number of para-hydroxylation sites is 1. The summed E-state index contributed by atoms with van der Waals surface area (Å²) in [5, 5.41) is 15.6. The van der Waals surface area contributed by atoms with Gasteiger partial charge >= 0.3 is 0 Å². The highest BCUT2D eigenvalue weighted by atomic mass is 35.5. The maximum Gasteiger partial charge on any atom is 0.267 e. The van der Waals surface area contributed by atoms with Crippen LogP contribution >= 0.6 is 23.2 Å². The summed E-state index contributed by atoms with van der Waals surface area (Å²) in [7, 11) is 0. The molecule has 2 aromatic rings. The lowest BCUT2D eigenvalue weighted by atomic mass is 10.2. The minimum absolute atomic E-state index is 0.0794. The van der Waals surface area contributed by atoms with Crippen LogP contribution < -0.4 is 10.6 Å². The number of carbonyl (C=O) groups is 1. The molecule has 23 heavy (non-hydrogen) atoms. The lowest BCUT2D eigenvalue weighted by molar-refractivity contribution is -0.112. The predicted molar refractivity (Wildman–Crippen MR) is 93.6 cm³/mol. The molecule has 0 unspecified atom stereocenters. The summed E-state index contributed by atoms with van der Waals surface area (Å²) in [6.07, 6.45) is 1.34. The van der Waals surface area contributed by atoms with Gasteiger partial charge in [0.25, 0.3) is 5.91 Å². The molecule has 0 fully saturated rings. The van der Waals surface area contributed by atoms with Crippen molar-refractivity contribution in [2.75, 3.05) is 10.6 Å². The lowest BCUT2D eigenvalue weighted by Gasteiger charge is -2.08. The van der Waals surface area contributed by atoms with Gasteiger partial charge in [-0.1, -0.05) is 41.4 Å². The molecule has 0 aromatic heterocycles. The van der Waals surface area contributed by atoms with Crippen LogP contribution in [-0.4, -0.2) is 5.91 Å². The van der Waals surface area contributed by atoms with Crippen LogP contribution in [0.2, 0.25) is 10.0 Å². The Morgan fingerprint density at radius 3 is 2.61 bits per heavy atom. The van der Waals surface area contributed by atoms with E-state index in [2.05, 4.69) is 10.6 Å². The molecule has 0 saturated heterocycles. The van der Waals surface area contributed by atoms with E-state index in [9.17, 15) is 4.79 Å². The minimum Gasteiger partial charge on any atom is -0.360 e. The summed E-state index contributed by atoms with van der Waals surface area (Å²) >= 11 is 11.9. The van der Waals surface area contributed by atoms with E-state index in [0.29, 0.717) is 15.7 Å². The van der Waals surface area contributed by atoms with E-state index < -0.39 is 5.91 Å². The molecule has 116 valence electrons. The first-order valence-corrected chi connectivity index (χ1v) is 7.45. The Kier molecular flexibility index (Phi) is 5.64. The number of nitrogens with zero attached hydrogens (tertiary/aromatic N) is 1. The van der Waals surface area contributed by atoms with Crippen molar-refractivity contribution in [2.24, 2.45) is 0 Å². The largest absolute Gasteiger partial charge is 0.360 e. The molecule has 2 rings (SSSR count). The van der Waals surface area contributed by atoms with Crippen molar-refractivity contribution in [1.29, 1.82) is 5.26 Å². The molecule has 6 heteroatoms. The van der Waals surface area contributed by atoms with Crippen molar-refractivity contribution in [3.05, 3.63) is 69.8 Å². The summed E-state index contributed by atoms with van der Waals surface area (Å²) in [6.45, 7) is 1.89. The Morgan fingerprint density at radius 2 is 1.91 bits per heavy atom. The average molecular weight is 346 g/mol. The second kappa shape index (κ2) is 7.68. The molecule has 0 aliphatic heterocycles. The molecule has 0 aliphatic rings. The van der Waals surface area contributed by atoms with Crippen molar-refractivity contribution in [2.45, 2.75) is 6.92 Å². The highest BCUT2D eigenvalue weighted by Crippen LogP contribution is 2.22. The topological polar surface area (TPSA) is 64.9 Å². The Hall–Kier alpha value is -2.48. The van der Waals surface area contributed by atoms with Gasteiger partial charge in [0.05, 0.1) is 10.7 Å². The van der Waals surface area contributed by atoms with Crippen LogP contribution in [0.1, 0.15) is 5.56 Å². The predicted octanol–water partition coefficient (Wildman–Crippen LogP) is 4.76. The number of benzene rings is 2. The molecule has 0 atom stereocenters. The summed E-state index contributed by atoms with van der Waals surface area (Å²) < 4.78 is 0. The quantitative estimate of drug-likeness (QED) is 0.620. The van der Waals surface area contributed by atoms with Gasteiger partial charge in [-0.3, -0.25) is 4.79 Å². The minimum atomic E-state index is -0.548. The maximum absolute atomic E-state index is 12.1. The van der Waals surface area contributed by atoms with E-state index in [1.54, 1.807) is 36.4 Å². The van der Waals surface area contributed by atoms with Gasteiger partial charge in [-0.05, 0) is 36.8 Å². The van der Waals surface area contributed by atoms with Gasteiger partial charge < -0.3 is 10.6 Å². The average Bonchev–Trinajstić information content (AvgIpc) is 2.53. The summed E-state index contributed by atoms with van der Waals surface area (Å²) in [5.74, 6) is -0.548. The van der Waals surface area contributed by atoms with Crippen LogP contribution in [0.25, 0.3) is 0 Å². The van der Waals surface area contributed by atoms with Gasteiger partial charge in [0.2, 0.25) is 0 Å². The zero-order valence-electron chi connectivity index (χ0n) is 12.2. The molecule has 0 spiro atoms. The number of rotatable bonds is 4. The highest BCUT2D eigenvalue weighted by molar-refractivity contribution is 6.34. The van der Waals surface area contributed by atoms with Crippen LogP contribution in [0.15, 0.2) is 54.2 Å². The van der Waals surface area contributed by atoms with E-state index in [4.69, 9.17) is 28.5 Å². The molecule has 0 bridgehead atoms. The van der Waals surface area contributed by atoms with Crippen LogP contribution in [-0.2, 0) is 4.79 Å². The van der Waals surface area contributed by atoms with E-state index in [0.717, 1.165) is 11.3 Å². The second-order valence-corrected chi connectivity index (χ2v) is 5.55. The van der Waals surface area contributed by atoms with Gasteiger partial charge in [0.15, 0.2) is 0 Å². The monoisotopic (exact) mass is 345 g/mol. The molecular weight excluding hydrogens is 333 g/mol. The van der Waals surface area contributed by atoms with Gasteiger partial charge in [-0.2, -0.15) is 5.26 Å². The van der Waals surface area contributed by atoms with Gasteiger partial charge in [-0.25, -0.2) is 0 Å². The third-order valence-electron chi connectivity index (χ3n) is 3.06. The fraction of sp³-hybridized carbons (Fsp3) is 0.0588. The number of aryl methyl sites for hydroxylation is 1. The normalized spacial score (nSPS) is 10.8. The number of nitriles is 1. The number of carbonyl (C=O) groups excluding carboxylic acids is 1. The molecule has 0 heterocycles. The van der Waals surface area contributed by atoms with Gasteiger partial charge in [0.1, 0.15) is 11.6 Å². The summed E-state index contributed by atoms with van der Waals surface area (Å²) in [6, 6.07) is 14.0. The number of nitrogens with one attached hydrogen (secondary N) is 2. The third-order valence-corrected chi connectivity index (χ3v) is 3.62. The standard InChI is InChI=1S/C17H13Cl2N3O/c1-11-6-7-13(18)8-16(11)21-10-12(9-20)17(23)22-15-5-3-2-4-14(15)19/h2-8,10,21H,1H3,(H,22,23)/b12-10-. The number of anilines is 2. The van der Waals surface area contributed by atoms with E-state index in [1.165, 1.54) is 6.20 Å². The first-order chi connectivity index (χ1) is 11.0. The molecule has 2 N–H and O–H groups in total. The first-order valence-electron chi connectivity index (χ1n) is 6.70.